The van der Waals surface area contributed by atoms with Gasteiger partial charge in [-0.3, -0.25) is 4.57 Å². The lowest BCUT2D eigenvalue weighted by molar-refractivity contribution is 1.12. The van der Waals surface area contributed by atoms with Gasteiger partial charge in [0.1, 0.15) is 11.0 Å². The van der Waals surface area contributed by atoms with Crippen molar-refractivity contribution < 1.29 is 0 Å². The number of para-hydroxylation sites is 1. The highest BCUT2D eigenvalue weighted by atomic mass is 35.5. The van der Waals surface area contributed by atoms with E-state index in [1.54, 1.807) is 16.7 Å². The molecule has 0 saturated carbocycles. The van der Waals surface area contributed by atoms with Crippen molar-refractivity contribution in [2.24, 2.45) is 0 Å². The largest absolute Gasteiger partial charge is 0.369 e. The second-order valence-corrected chi connectivity index (χ2v) is 5.78. The van der Waals surface area contributed by atoms with Gasteiger partial charge in [-0.15, -0.1) is 0 Å². The number of hydrogen-bond donors (Lipinski definition) is 1. The lowest BCUT2D eigenvalue weighted by Crippen LogP contribution is -2.02. The third-order valence-electron chi connectivity index (χ3n) is 3.23. The summed E-state index contributed by atoms with van der Waals surface area (Å²) in [5.74, 6) is 0.306. The van der Waals surface area contributed by atoms with Crippen LogP contribution in [0, 0.1) is 0 Å². The zero-order chi connectivity index (χ0) is 14.6. The molecule has 0 fully saturated rings. The van der Waals surface area contributed by atoms with Gasteiger partial charge in [0.25, 0.3) is 0 Å². The van der Waals surface area contributed by atoms with E-state index < -0.39 is 0 Å². The number of imidazole rings is 1. The maximum Gasteiger partial charge on any atom is 0.206 e. The predicted molar refractivity (Wildman–Crippen MR) is 86.5 cm³/mol. The van der Waals surface area contributed by atoms with Crippen LogP contribution in [0.3, 0.4) is 0 Å². The van der Waals surface area contributed by atoms with Crippen LogP contribution < -0.4 is 5.73 Å². The summed E-state index contributed by atoms with van der Waals surface area (Å²) >= 11 is 13.8. The Balaban J connectivity index is 2.21. The molecule has 0 saturated heterocycles. The first-order chi connectivity index (χ1) is 10.2. The van der Waals surface area contributed by atoms with E-state index in [1.165, 1.54) is 0 Å². The molecule has 5 nitrogen and oxygen atoms in total. The van der Waals surface area contributed by atoms with Gasteiger partial charge in [-0.2, -0.15) is 8.75 Å². The van der Waals surface area contributed by atoms with Crippen LogP contribution in [0.5, 0.6) is 0 Å². The molecule has 0 radical (unpaired) electrons. The van der Waals surface area contributed by atoms with Gasteiger partial charge in [-0.05, 0) is 24.3 Å². The number of benzene rings is 2. The maximum atomic E-state index is 6.37. The predicted octanol–water partition coefficient (Wildman–Crippen LogP) is 3.92. The first kappa shape index (κ1) is 12.8. The van der Waals surface area contributed by atoms with E-state index in [2.05, 4.69) is 13.7 Å². The smallest absolute Gasteiger partial charge is 0.206 e. The number of aromatic nitrogens is 4. The molecule has 0 aliphatic rings. The Labute approximate surface area is 133 Å². The van der Waals surface area contributed by atoms with Gasteiger partial charge in [-0.25, -0.2) is 4.98 Å². The first-order valence-corrected chi connectivity index (χ1v) is 7.49. The lowest BCUT2D eigenvalue weighted by atomic mass is 10.2. The molecular weight excluding hydrogens is 329 g/mol. The molecular formula is C13H7Cl2N5S. The van der Waals surface area contributed by atoms with Crippen molar-refractivity contribution in [2.45, 2.75) is 0 Å². The van der Waals surface area contributed by atoms with Gasteiger partial charge in [0.2, 0.25) is 5.95 Å². The van der Waals surface area contributed by atoms with Crippen molar-refractivity contribution in [3.05, 3.63) is 40.4 Å². The zero-order valence-corrected chi connectivity index (χ0v) is 12.7. The second kappa shape index (κ2) is 4.56. The number of halogens is 2. The second-order valence-electron chi connectivity index (χ2n) is 4.44. The molecule has 0 aliphatic heterocycles. The molecule has 0 aliphatic carbocycles. The number of nitrogen functional groups attached to an aromatic ring is 1. The van der Waals surface area contributed by atoms with E-state index in [4.69, 9.17) is 28.9 Å². The topological polar surface area (TPSA) is 69.6 Å². The van der Waals surface area contributed by atoms with E-state index in [1.807, 2.05) is 18.2 Å². The van der Waals surface area contributed by atoms with Crippen LogP contribution in [0.1, 0.15) is 0 Å². The SMILES string of the molecule is Nc1nc2cccc(Cl)c2n1-c1c(Cl)ccc2nsnc12. The molecule has 0 atom stereocenters. The molecule has 104 valence electrons. The monoisotopic (exact) mass is 335 g/mol. The van der Waals surface area contributed by atoms with E-state index in [-0.39, 0.29) is 0 Å². The molecule has 0 amide bonds. The van der Waals surface area contributed by atoms with E-state index >= 15 is 0 Å². The normalized spacial score (nSPS) is 11.5. The summed E-state index contributed by atoms with van der Waals surface area (Å²) in [7, 11) is 0. The number of nitrogens with zero attached hydrogens (tertiary/aromatic N) is 4. The van der Waals surface area contributed by atoms with Gasteiger partial charge in [0.15, 0.2) is 0 Å². The van der Waals surface area contributed by atoms with Gasteiger partial charge in [-0.1, -0.05) is 29.3 Å². The van der Waals surface area contributed by atoms with Crippen LogP contribution in [-0.2, 0) is 0 Å². The Morgan fingerprint density at radius 2 is 1.86 bits per heavy atom. The van der Waals surface area contributed by atoms with Crippen molar-refractivity contribution >= 4 is 62.9 Å². The van der Waals surface area contributed by atoms with Crippen LogP contribution in [0.4, 0.5) is 5.95 Å². The van der Waals surface area contributed by atoms with Crippen LogP contribution in [0.15, 0.2) is 30.3 Å². The molecule has 0 spiro atoms. The third kappa shape index (κ3) is 1.80. The Morgan fingerprint density at radius 3 is 2.71 bits per heavy atom. The fraction of sp³-hybridized carbons (Fsp3) is 0. The van der Waals surface area contributed by atoms with Crippen molar-refractivity contribution in [3.8, 4) is 5.69 Å². The Hall–Kier alpha value is -1.89. The van der Waals surface area contributed by atoms with Crippen LogP contribution in [-0.4, -0.2) is 18.3 Å². The summed E-state index contributed by atoms with van der Waals surface area (Å²) in [5.41, 5.74) is 9.57. The Bertz CT molecular complexity index is 991. The van der Waals surface area contributed by atoms with Crippen LogP contribution >= 0.6 is 34.9 Å². The number of rotatable bonds is 1. The summed E-state index contributed by atoms with van der Waals surface area (Å²) in [4.78, 5) is 4.34. The van der Waals surface area contributed by atoms with Gasteiger partial charge in [0.05, 0.1) is 38.5 Å². The van der Waals surface area contributed by atoms with Crippen molar-refractivity contribution in [1.82, 2.24) is 18.3 Å². The maximum absolute atomic E-state index is 6.37. The minimum Gasteiger partial charge on any atom is -0.369 e. The number of nitrogens with two attached hydrogens (primary N) is 1. The first-order valence-electron chi connectivity index (χ1n) is 6.00. The lowest BCUT2D eigenvalue weighted by Gasteiger charge is -2.10. The fourth-order valence-corrected chi connectivity index (χ4v) is 3.38. The Kier molecular flexibility index (Phi) is 2.78. The minimum absolute atomic E-state index is 0.306. The summed E-state index contributed by atoms with van der Waals surface area (Å²) in [6, 6.07) is 9.05. The molecule has 4 rings (SSSR count). The highest BCUT2D eigenvalue weighted by Gasteiger charge is 2.19. The zero-order valence-electron chi connectivity index (χ0n) is 10.4. The van der Waals surface area contributed by atoms with Crippen LogP contribution in [0.2, 0.25) is 10.0 Å². The van der Waals surface area contributed by atoms with Crippen molar-refractivity contribution in [2.75, 3.05) is 5.73 Å². The molecule has 2 N–H and O–H groups in total. The quantitative estimate of drug-likeness (QED) is 0.572. The highest BCUT2D eigenvalue weighted by Crippen LogP contribution is 2.35. The molecule has 0 unspecified atom stereocenters. The summed E-state index contributed by atoms with van der Waals surface area (Å²) in [6.07, 6.45) is 0. The van der Waals surface area contributed by atoms with E-state index in [0.29, 0.717) is 38.2 Å². The molecule has 2 heterocycles. The molecule has 2 aromatic carbocycles. The standard InChI is InChI=1S/C13H7Cl2N5S/c14-6-2-1-3-9-11(6)20(13(16)17-9)12-7(15)4-5-8-10(12)19-21-18-8/h1-5H,(H2,16,17). The number of hydrogen-bond acceptors (Lipinski definition) is 5. The minimum atomic E-state index is 0.306. The molecule has 8 heteroatoms. The molecule has 21 heavy (non-hydrogen) atoms. The van der Waals surface area contributed by atoms with Gasteiger partial charge < -0.3 is 5.73 Å². The molecule has 0 bridgehead atoms. The molecule has 4 aromatic rings. The third-order valence-corrected chi connectivity index (χ3v) is 4.38. The van der Waals surface area contributed by atoms with Gasteiger partial charge in [0, 0.05) is 0 Å². The Morgan fingerprint density at radius 1 is 1.00 bits per heavy atom. The average Bonchev–Trinajstić information content (AvgIpc) is 3.04. The van der Waals surface area contributed by atoms with E-state index in [0.717, 1.165) is 17.2 Å². The highest BCUT2D eigenvalue weighted by molar-refractivity contribution is 7.00. The summed E-state index contributed by atoms with van der Waals surface area (Å²) in [6.45, 7) is 0. The summed E-state index contributed by atoms with van der Waals surface area (Å²) in [5, 5.41) is 1.06. The average molecular weight is 336 g/mol. The van der Waals surface area contributed by atoms with Crippen molar-refractivity contribution in [1.29, 1.82) is 0 Å². The number of fused-ring (bicyclic) bond motifs is 2. The van der Waals surface area contributed by atoms with Crippen molar-refractivity contribution in [3.63, 3.8) is 0 Å². The summed E-state index contributed by atoms with van der Waals surface area (Å²) < 4.78 is 10.3. The van der Waals surface area contributed by atoms with E-state index in [9.17, 15) is 0 Å². The number of anilines is 1. The molecule has 2 aromatic heterocycles. The fourth-order valence-electron chi connectivity index (χ4n) is 2.36. The van der Waals surface area contributed by atoms with Gasteiger partial charge >= 0.3 is 0 Å². The van der Waals surface area contributed by atoms with Crippen LogP contribution in [0.25, 0.3) is 27.8 Å².